The Bertz CT molecular complexity index is 406. The summed E-state index contributed by atoms with van der Waals surface area (Å²) in [7, 11) is 1.62. The van der Waals surface area contributed by atoms with Crippen molar-refractivity contribution in [2.24, 2.45) is 0 Å². The van der Waals surface area contributed by atoms with Gasteiger partial charge < -0.3 is 19.9 Å². The van der Waals surface area contributed by atoms with Gasteiger partial charge in [-0.3, -0.25) is 0 Å². The molecule has 5 heteroatoms. The molecule has 1 rings (SSSR count). The van der Waals surface area contributed by atoms with Gasteiger partial charge in [0.25, 0.3) is 0 Å². The van der Waals surface area contributed by atoms with Crippen molar-refractivity contribution in [3.63, 3.8) is 0 Å². The monoisotopic (exact) mass is 267 g/mol. The molecule has 0 amide bonds. The minimum atomic E-state index is -0.391. The number of nitrogens with two attached hydrogens (primary N) is 1. The zero-order valence-corrected chi connectivity index (χ0v) is 11.5. The molecule has 0 radical (unpaired) electrons. The fourth-order valence-electron chi connectivity index (χ4n) is 1.49. The van der Waals surface area contributed by atoms with Crippen LogP contribution in [0.1, 0.15) is 22.3 Å². The third-order valence-corrected chi connectivity index (χ3v) is 2.53. The molecule has 0 saturated heterocycles. The van der Waals surface area contributed by atoms with Crippen LogP contribution in [0, 0.1) is 6.92 Å². The van der Waals surface area contributed by atoms with Crippen LogP contribution in [0.3, 0.4) is 0 Å². The Hall–Kier alpha value is -1.59. The van der Waals surface area contributed by atoms with Gasteiger partial charge in [-0.05, 0) is 19.1 Å². The SMILES string of the molecule is COCCOCCCOC(=O)c1cc(C)ccc1N. The molecule has 0 aromatic heterocycles. The predicted molar refractivity (Wildman–Crippen MR) is 73.2 cm³/mol. The molecule has 0 saturated carbocycles. The molecule has 5 nitrogen and oxygen atoms in total. The second kappa shape index (κ2) is 8.50. The van der Waals surface area contributed by atoms with Gasteiger partial charge in [0.2, 0.25) is 0 Å². The Morgan fingerprint density at radius 2 is 2.00 bits per heavy atom. The molecule has 1 aromatic rings. The van der Waals surface area contributed by atoms with Crippen LogP contribution in [0.15, 0.2) is 18.2 Å². The summed E-state index contributed by atoms with van der Waals surface area (Å²) in [6, 6.07) is 5.29. The van der Waals surface area contributed by atoms with E-state index in [1.807, 2.05) is 13.0 Å². The Kier molecular flexibility index (Phi) is 6.92. The summed E-state index contributed by atoms with van der Waals surface area (Å²) in [5, 5.41) is 0. The molecule has 0 atom stereocenters. The van der Waals surface area contributed by atoms with E-state index >= 15 is 0 Å². The Morgan fingerprint density at radius 1 is 1.21 bits per heavy atom. The van der Waals surface area contributed by atoms with E-state index in [4.69, 9.17) is 19.9 Å². The first kappa shape index (κ1) is 15.5. The second-order valence-electron chi connectivity index (χ2n) is 4.19. The highest BCUT2D eigenvalue weighted by Gasteiger charge is 2.10. The van der Waals surface area contributed by atoms with E-state index < -0.39 is 5.97 Å². The van der Waals surface area contributed by atoms with E-state index in [9.17, 15) is 4.79 Å². The van der Waals surface area contributed by atoms with Crippen LogP contribution >= 0.6 is 0 Å². The maximum Gasteiger partial charge on any atom is 0.340 e. The maximum atomic E-state index is 11.8. The average Bonchev–Trinajstić information content (AvgIpc) is 2.40. The number of esters is 1. The van der Waals surface area contributed by atoms with Crippen LogP contribution in [0.5, 0.6) is 0 Å². The number of ether oxygens (including phenoxy) is 3. The summed E-state index contributed by atoms with van der Waals surface area (Å²) >= 11 is 0. The molecular formula is C14H21NO4. The van der Waals surface area contributed by atoms with Gasteiger partial charge in [-0.2, -0.15) is 0 Å². The standard InChI is InChI=1S/C14H21NO4/c1-11-4-5-13(15)12(10-11)14(16)19-7-3-6-18-9-8-17-2/h4-5,10H,3,6-9,15H2,1-2H3. The van der Waals surface area contributed by atoms with Gasteiger partial charge >= 0.3 is 5.97 Å². The summed E-state index contributed by atoms with van der Waals surface area (Å²) in [5.41, 5.74) is 7.57. The number of carbonyl (C=O) groups is 1. The highest BCUT2D eigenvalue weighted by atomic mass is 16.5. The van der Waals surface area contributed by atoms with Crippen molar-refractivity contribution < 1.29 is 19.0 Å². The largest absolute Gasteiger partial charge is 0.462 e. The number of rotatable bonds is 8. The van der Waals surface area contributed by atoms with Gasteiger partial charge in [0.05, 0.1) is 25.4 Å². The Labute approximate surface area is 113 Å². The second-order valence-corrected chi connectivity index (χ2v) is 4.19. The van der Waals surface area contributed by atoms with E-state index in [-0.39, 0.29) is 0 Å². The Balaban J connectivity index is 2.26. The molecule has 0 spiro atoms. The minimum Gasteiger partial charge on any atom is -0.462 e. The van der Waals surface area contributed by atoms with Gasteiger partial charge in [-0.25, -0.2) is 4.79 Å². The van der Waals surface area contributed by atoms with Crippen LogP contribution in [-0.2, 0) is 14.2 Å². The van der Waals surface area contributed by atoms with Gasteiger partial charge in [-0.1, -0.05) is 11.6 Å². The molecule has 0 aliphatic carbocycles. The molecule has 0 fully saturated rings. The summed E-state index contributed by atoms with van der Waals surface area (Å²) in [5.74, 6) is -0.391. The number of nitrogen functional groups attached to an aromatic ring is 1. The number of methoxy groups -OCH3 is 1. The number of carbonyl (C=O) groups excluding carboxylic acids is 1. The van der Waals surface area contributed by atoms with Crippen molar-refractivity contribution in [3.05, 3.63) is 29.3 Å². The lowest BCUT2D eigenvalue weighted by molar-refractivity contribution is 0.0386. The quantitative estimate of drug-likeness (QED) is 0.441. The lowest BCUT2D eigenvalue weighted by Crippen LogP contribution is -2.11. The summed E-state index contributed by atoms with van der Waals surface area (Å²) in [6.45, 7) is 3.88. The molecule has 0 unspecified atom stereocenters. The van der Waals surface area contributed by atoms with Crippen LogP contribution in [0.4, 0.5) is 5.69 Å². The maximum absolute atomic E-state index is 11.8. The average molecular weight is 267 g/mol. The van der Waals surface area contributed by atoms with E-state index in [1.165, 1.54) is 0 Å². The highest BCUT2D eigenvalue weighted by molar-refractivity contribution is 5.95. The molecular weight excluding hydrogens is 246 g/mol. The zero-order chi connectivity index (χ0) is 14.1. The number of anilines is 1. The fraction of sp³-hybridized carbons (Fsp3) is 0.500. The fourth-order valence-corrected chi connectivity index (χ4v) is 1.49. The number of benzene rings is 1. The Morgan fingerprint density at radius 3 is 2.74 bits per heavy atom. The van der Waals surface area contributed by atoms with E-state index in [0.29, 0.717) is 44.1 Å². The third kappa shape index (κ3) is 5.72. The highest BCUT2D eigenvalue weighted by Crippen LogP contribution is 2.14. The van der Waals surface area contributed by atoms with Gasteiger partial charge in [0, 0.05) is 25.8 Å². The van der Waals surface area contributed by atoms with Crippen molar-refractivity contribution in [1.29, 1.82) is 0 Å². The lowest BCUT2D eigenvalue weighted by Gasteiger charge is -2.08. The zero-order valence-electron chi connectivity index (χ0n) is 11.5. The van der Waals surface area contributed by atoms with E-state index in [1.54, 1.807) is 19.2 Å². The number of aryl methyl sites for hydroxylation is 1. The first-order chi connectivity index (χ1) is 9.15. The molecule has 0 aliphatic rings. The minimum absolute atomic E-state index is 0.319. The van der Waals surface area contributed by atoms with Crippen molar-refractivity contribution in [1.82, 2.24) is 0 Å². The summed E-state index contributed by atoms with van der Waals surface area (Å²) in [4.78, 5) is 11.8. The smallest absolute Gasteiger partial charge is 0.340 e. The van der Waals surface area contributed by atoms with Crippen molar-refractivity contribution in [3.8, 4) is 0 Å². The van der Waals surface area contributed by atoms with Gasteiger partial charge in [0.1, 0.15) is 0 Å². The lowest BCUT2D eigenvalue weighted by atomic mass is 10.1. The molecule has 1 aromatic carbocycles. The van der Waals surface area contributed by atoms with E-state index in [0.717, 1.165) is 5.56 Å². The predicted octanol–water partition coefficient (Wildman–Crippen LogP) is 1.79. The molecule has 0 aliphatic heterocycles. The van der Waals surface area contributed by atoms with Crippen molar-refractivity contribution in [2.45, 2.75) is 13.3 Å². The molecule has 0 bridgehead atoms. The first-order valence-corrected chi connectivity index (χ1v) is 6.25. The van der Waals surface area contributed by atoms with Crippen LogP contribution in [0.2, 0.25) is 0 Å². The van der Waals surface area contributed by atoms with Crippen LogP contribution in [0.25, 0.3) is 0 Å². The molecule has 106 valence electrons. The third-order valence-electron chi connectivity index (χ3n) is 2.53. The molecule has 19 heavy (non-hydrogen) atoms. The van der Waals surface area contributed by atoms with Crippen molar-refractivity contribution in [2.75, 3.05) is 39.3 Å². The van der Waals surface area contributed by atoms with Crippen LogP contribution < -0.4 is 5.73 Å². The summed E-state index contributed by atoms with van der Waals surface area (Å²) in [6.07, 6.45) is 0.654. The number of hydrogen-bond acceptors (Lipinski definition) is 5. The first-order valence-electron chi connectivity index (χ1n) is 6.25. The van der Waals surface area contributed by atoms with Crippen molar-refractivity contribution >= 4 is 11.7 Å². The molecule has 0 heterocycles. The van der Waals surface area contributed by atoms with E-state index in [2.05, 4.69) is 0 Å². The topological polar surface area (TPSA) is 70.8 Å². The molecule has 2 N–H and O–H groups in total. The number of hydrogen-bond donors (Lipinski definition) is 1. The summed E-state index contributed by atoms with van der Waals surface area (Å²) < 4.78 is 15.2. The van der Waals surface area contributed by atoms with Gasteiger partial charge in [0.15, 0.2) is 0 Å². The van der Waals surface area contributed by atoms with Gasteiger partial charge in [-0.15, -0.1) is 0 Å². The normalized spacial score (nSPS) is 10.4. The van der Waals surface area contributed by atoms with Crippen LogP contribution in [-0.4, -0.2) is 39.5 Å².